The summed E-state index contributed by atoms with van der Waals surface area (Å²) in [5.41, 5.74) is 5.97. The Balaban J connectivity index is 1.79. The molecule has 0 N–H and O–H groups in total. The highest BCUT2D eigenvalue weighted by molar-refractivity contribution is 6.18. The molecule has 4 heteroatoms. The van der Waals surface area contributed by atoms with Crippen molar-refractivity contribution in [3.05, 3.63) is 58.1 Å². The quantitative estimate of drug-likeness (QED) is 0.506. The zero-order chi connectivity index (χ0) is 21.0. The minimum Gasteiger partial charge on any atom is -0.488 e. The van der Waals surface area contributed by atoms with E-state index in [1.807, 2.05) is 6.07 Å². The van der Waals surface area contributed by atoms with Crippen LogP contribution in [0, 0.1) is 20.8 Å². The standard InChI is InChI=1S/C25H34ClNO2/c1-18-19(2)24-22(11-12-25(4,29-24)13-15-27(5)16-14-26)20(3)23(18)28-17-21-9-7-6-8-10-21/h6-10H,11-17H2,1-5H3. The van der Waals surface area contributed by atoms with E-state index in [-0.39, 0.29) is 5.60 Å². The number of rotatable bonds is 8. The predicted octanol–water partition coefficient (Wildman–Crippen LogP) is 5.84. The number of nitrogens with zero attached hydrogens (tertiary/aromatic N) is 1. The van der Waals surface area contributed by atoms with Crippen LogP contribution >= 0.6 is 11.6 Å². The number of benzene rings is 2. The van der Waals surface area contributed by atoms with Gasteiger partial charge in [-0.05, 0) is 76.3 Å². The van der Waals surface area contributed by atoms with E-state index in [9.17, 15) is 0 Å². The van der Waals surface area contributed by atoms with Gasteiger partial charge in [0.1, 0.15) is 23.7 Å². The van der Waals surface area contributed by atoms with Crippen LogP contribution in [0.4, 0.5) is 0 Å². The minimum atomic E-state index is -0.135. The van der Waals surface area contributed by atoms with Crippen molar-refractivity contribution in [2.75, 3.05) is 26.0 Å². The van der Waals surface area contributed by atoms with E-state index >= 15 is 0 Å². The van der Waals surface area contributed by atoms with E-state index in [1.165, 1.54) is 27.8 Å². The number of hydrogen-bond donors (Lipinski definition) is 0. The lowest BCUT2D eigenvalue weighted by Gasteiger charge is -2.39. The van der Waals surface area contributed by atoms with Crippen LogP contribution in [0.3, 0.4) is 0 Å². The lowest BCUT2D eigenvalue weighted by Crippen LogP contribution is -2.40. The molecule has 158 valence electrons. The molecule has 2 aromatic carbocycles. The van der Waals surface area contributed by atoms with Crippen molar-refractivity contribution in [2.24, 2.45) is 0 Å². The fraction of sp³-hybridized carbons (Fsp3) is 0.520. The first-order chi connectivity index (χ1) is 13.8. The Kier molecular flexibility index (Phi) is 7.13. The number of halogens is 1. The zero-order valence-corrected chi connectivity index (χ0v) is 19.2. The van der Waals surface area contributed by atoms with Crippen molar-refractivity contribution in [3.63, 3.8) is 0 Å². The summed E-state index contributed by atoms with van der Waals surface area (Å²) in [6, 6.07) is 10.3. The molecule has 29 heavy (non-hydrogen) atoms. The Hall–Kier alpha value is -1.71. The van der Waals surface area contributed by atoms with Gasteiger partial charge in [-0.15, -0.1) is 11.6 Å². The van der Waals surface area contributed by atoms with Crippen LogP contribution in [0.5, 0.6) is 11.5 Å². The SMILES string of the molecule is Cc1c(C)c2c(c(C)c1OCc1ccccc1)CCC(C)(CCN(C)CCCl)O2. The number of hydrogen-bond acceptors (Lipinski definition) is 3. The summed E-state index contributed by atoms with van der Waals surface area (Å²) in [4.78, 5) is 2.28. The molecule has 1 atom stereocenters. The van der Waals surface area contributed by atoms with Crippen LogP contribution in [0.2, 0.25) is 0 Å². The maximum atomic E-state index is 6.64. The van der Waals surface area contributed by atoms with Gasteiger partial charge in [-0.2, -0.15) is 0 Å². The second kappa shape index (κ2) is 9.40. The van der Waals surface area contributed by atoms with Crippen LogP contribution in [0.25, 0.3) is 0 Å². The van der Waals surface area contributed by atoms with Crippen LogP contribution in [-0.4, -0.2) is 36.5 Å². The van der Waals surface area contributed by atoms with Gasteiger partial charge in [0.05, 0.1) is 0 Å². The van der Waals surface area contributed by atoms with Gasteiger partial charge in [-0.1, -0.05) is 30.3 Å². The Morgan fingerprint density at radius 2 is 1.79 bits per heavy atom. The Morgan fingerprint density at radius 1 is 1.07 bits per heavy atom. The Morgan fingerprint density at radius 3 is 2.48 bits per heavy atom. The summed E-state index contributed by atoms with van der Waals surface area (Å²) >= 11 is 5.87. The molecular formula is C25H34ClNO2. The van der Waals surface area contributed by atoms with Crippen LogP contribution in [0.15, 0.2) is 30.3 Å². The lowest BCUT2D eigenvalue weighted by atomic mass is 9.85. The fourth-order valence-electron chi connectivity index (χ4n) is 4.09. The topological polar surface area (TPSA) is 21.7 Å². The molecular weight excluding hydrogens is 382 g/mol. The molecule has 0 amide bonds. The van der Waals surface area contributed by atoms with Gasteiger partial charge in [-0.3, -0.25) is 0 Å². The molecule has 3 nitrogen and oxygen atoms in total. The van der Waals surface area contributed by atoms with E-state index < -0.39 is 0 Å². The first-order valence-electron chi connectivity index (χ1n) is 10.6. The molecule has 1 aliphatic rings. The average Bonchev–Trinajstić information content (AvgIpc) is 2.72. The summed E-state index contributed by atoms with van der Waals surface area (Å²) in [5.74, 6) is 2.75. The maximum Gasteiger partial charge on any atom is 0.127 e. The molecule has 0 aliphatic carbocycles. The van der Waals surface area contributed by atoms with Crippen molar-refractivity contribution in [2.45, 2.75) is 59.2 Å². The molecule has 0 saturated heterocycles. The van der Waals surface area contributed by atoms with E-state index in [2.05, 4.69) is 63.9 Å². The number of ether oxygens (including phenoxy) is 2. The molecule has 1 aliphatic heterocycles. The fourth-order valence-corrected chi connectivity index (χ4v) is 4.38. The van der Waals surface area contributed by atoms with E-state index in [0.29, 0.717) is 12.5 Å². The van der Waals surface area contributed by atoms with Gasteiger partial charge in [0.25, 0.3) is 0 Å². The van der Waals surface area contributed by atoms with Gasteiger partial charge in [0, 0.05) is 24.5 Å². The summed E-state index contributed by atoms with van der Waals surface area (Å²) in [7, 11) is 2.12. The monoisotopic (exact) mass is 415 g/mol. The molecule has 0 saturated carbocycles. The van der Waals surface area contributed by atoms with Crippen molar-refractivity contribution in [1.29, 1.82) is 0 Å². The molecule has 1 heterocycles. The summed E-state index contributed by atoms with van der Waals surface area (Å²) < 4.78 is 12.9. The Bertz CT molecular complexity index is 837. The molecule has 1 unspecified atom stereocenters. The zero-order valence-electron chi connectivity index (χ0n) is 18.5. The van der Waals surface area contributed by atoms with E-state index in [0.717, 1.165) is 43.9 Å². The summed E-state index contributed by atoms with van der Waals surface area (Å²) in [5, 5.41) is 0. The normalized spacial score (nSPS) is 18.4. The summed E-state index contributed by atoms with van der Waals surface area (Å²) in [6.45, 7) is 11.2. The highest BCUT2D eigenvalue weighted by Gasteiger charge is 2.34. The number of fused-ring (bicyclic) bond motifs is 1. The molecule has 0 aromatic heterocycles. The van der Waals surface area contributed by atoms with Crippen LogP contribution < -0.4 is 9.47 Å². The van der Waals surface area contributed by atoms with E-state index in [4.69, 9.17) is 21.1 Å². The molecule has 0 fully saturated rings. The average molecular weight is 416 g/mol. The molecule has 2 aromatic rings. The largest absolute Gasteiger partial charge is 0.488 e. The van der Waals surface area contributed by atoms with Crippen LogP contribution in [-0.2, 0) is 13.0 Å². The molecule has 0 radical (unpaired) electrons. The van der Waals surface area contributed by atoms with Gasteiger partial charge >= 0.3 is 0 Å². The minimum absolute atomic E-state index is 0.135. The van der Waals surface area contributed by atoms with Gasteiger partial charge in [0.15, 0.2) is 0 Å². The molecule has 3 rings (SSSR count). The van der Waals surface area contributed by atoms with Crippen molar-refractivity contribution >= 4 is 11.6 Å². The third-order valence-corrected chi connectivity index (χ3v) is 6.45. The maximum absolute atomic E-state index is 6.64. The first-order valence-corrected chi connectivity index (χ1v) is 11.1. The lowest BCUT2D eigenvalue weighted by molar-refractivity contribution is 0.0464. The first kappa shape index (κ1) is 22.0. The van der Waals surface area contributed by atoms with Crippen molar-refractivity contribution < 1.29 is 9.47 Å². The van der Waals surface area contributed by atoms with Crippen molar-refractivity contribution in [1.82, 2.24) is 4.90 Å². The molecule has 0 spiro atoms. The second-order valence-corrected chi connectivity index (χ2v) is 8.96. The molecule has 0 bridgehead atoms. The Labute approximate surface area is 181 Å². The second-order valence-electron chi connectivity index (χ2n) is 8.58. The van der Waals surface area contributed by atoms with Crippen LogP contribution in [0.1, 0.15) is 47.6 Å². The number of alkyl halides is 1. The highest BCUT2D eigenvalue weighted by atomic mass is 35.5. The third kappa shape index (κ3) is 5.07. The third-order valence-electron chi connectivity index (χ3n) is 6.28. The van der Waals surface area contributed by atoms with Gasteiger partial charge < -0.3 is 14.4 Å². The van der Waals surface area contributed by atoms with Gasteiger partial charge in [-0.25, -0.2) is 0 Å². The van der Waals surface area contributed by atoms with Crippen molar-refractivity contribution in [3.8, 4) is 11.5 Å². The smallest absolute Gasteiger partial charge is 0.127 e. The van der Waals surface area contributed by atoms with E-state index in [1.54, 1.807) is 0 Å². The summed E-state index contributed by atoms with van der Waals surface area (Å²) in [6.07, 6.45) is 3.06. The predicted molar refractivity (Wildman–Crippen MR) is 122 cm³/mol. The van der Waals surface area contributed by atoms with Gasteiger partial charge in [0.2, 0.25) is 0 Å². The highest BCUT2D eigenvalue weighted by Crippen LogP contribution is 2.44.